The second-order valence-electron chi connectivity index (χ2n) is 7.33. The highest BCUT2D eigenvalue weighted by atomic mass is 28.3. The first-order valence-electron chi connectivity index (χ1n) is 8.72. The Hall–Kier alpha value is -2.32. The summed E-state index contributed by atoms with van der Waals surface area (Å²) in [4.78, 5) is 0. The molecule has 1 radical (unpaired) electrons. The van der Waals surface area contributed by atoms with Crippen LogP contribution in [-0.2, 0) is 0 Å². The predicted octanol–water partition coefficient (Wildman–Crippen LogP) is 6.28. The molecule has 0 bridgehead atoms. The van der Waals surface area contributed by atoms with Gasteiger partial charge in [-0.05, 0) is 28.8 Å². The van der Waals surface area contributed by atoms with Crippen LogP contribution >= 0.6 is 0 Å². The van der Waals surface area contributed by atoms with Gasteiger partial charge in [0.1, 0.15) is 11.5 Å². The highest BCUT2D eigenvalue weighted by Crippen LogP contribution is 2.35. The largest absolute Gasteiger partial charge is 0.457 e. The average molecular weight is 346 g/mol. The molecule has 127 valence electrons. The molecule has 0 fully saturated rings. The van der Waals surface area contributed by atoms with Gasteiger partial charge in [-0.25, -0.2) is 0 Å². The van der Waals surface area contributed by atoms with Crippen LogP contribution in [0.25, 0.3) is 11.1 Å². The van der Waals surface area contributed by atoms with Crippen LogP contribution in [-0.4, -0.2) is 8.80 Å². The van der Waals surface area contributed by atoms with Gasteiger partial charge in [0.25, 0.3) is 0 Å². The average Bonchev–Trinajstić information content (AvgIpc) is 2.62. The zero-order valence-electron chi connectivity index (χ0n) is 15.4. The van der Waals surface area contributed by atoms with Crippen molar-refractivity contribution in [3.8, 4) is 22.6 Å². The predicted molar refractivity (Wildman–Crippen MR) is 109 cm³/mol. The molecule has 3 aromatic carbocycles. The molecule has 0 aliphatic rings. The quantitative estimate of drug-likeness (QED) is 0.506. The van der Waals surface area contributed by atoms with Crippen molar-refractivity contribution in [2.75, 3.05) is 0 Å². The third kappa shape index (κ3) is 4.02. The lowest BCUT2D eigenvalue weighted by atomic mass is 10.0. The van der Waals surface area contributed by atoms with Crippen LogP contribution in [0.2, 0.25) is 11.6 Å². The first-order chi connectivity index (χ1) is 12.0. The van der Waals surface area contributed by atoms with Gasteiger partial charge in [-0.1, -0.05) is 93.2 Å². The lowest BCUT2D eigenvalue weighted by molar-refractivity contribution is 0.484. The highest BCUT2D eigenvalue weighted by molar-refractivity contribution is 6.76. The van der Waals surface area contributed by atoms with Crippen molar-refractivity contribution < 1.29 is 4.74 Å². The van der Waals surface area contributed by atoms with Gasteiger partial charge in [-0.3, -0.25) is 0 Å². The van der Waals surface area contributed by atoms with Crippen LogP contribution in [0.1, 0.15) is 20.8 Å². The Labute approximate surface area is 152 Å². The van der Waals surface area contributed by atoms with Gasteiger partial charge >= 0.3 is 0 Å². The van der Waals surface area contributed by atoms with E-state index >= 15 is 0 Å². The summed E-state index contributed by atoms with van der Waals surface area (Å²) in [7, 11) is -0.704. The van der Waals surface area contributed by atoms with E-state index in [9.17, 15) is 0 Å². The smallest absolute Gasteiger partial charge is 0.135 e. The topological polar surface area (TPSA) is 9.23 Å². The van der Waals surface area contributed by atoms with E-state index in [4.69, 9.17) is 4.74 Å². The SMILES string of the molecule is C[Si](c1ccccc1-c1ccccc1Oc1ccccc1)C(C)(C)C. The standard InChI is InChI=1S/C23H25OSi/c1-23(2,3)25(4)22-17-11-9-15-20(22)19-14-8-10-16-21(19)24-18-12-6-5-7-13-18/h5-17H,1-4H3. The monoisotopic (exact) mass is 345 g/mol. The normalized spacial score (nSPS) is 11.6. The Morgan fingerprint density at radius 3 is 1.92 bits per heavy atom. The summed E-state index contributed by atoms with van der Waals surface area (Å²) in [6.45, 7) is 9.42. The van der Waals surface area contributed by atoms with Gasteiger partial charge in [0.15, 0.2) is 0 Å². The molecule has 0 unspecified atom stereocenters. The minimum absolute atomic E-state index is 0.302. The summed E-state index contributed by atoms with van der Waals surface area (Å²) in [5.41, 5.74) is 2.45. The fourth-order valence-electron chi connectivity index (χ4n) is 2.84. The van der Waals surface area contributed by atoms with Crippen LogP contribution in [0, 0.1) is 0 Å². The minimum Gasteiger partial charge on any atom is -0.457 e. The molecular formula is C23H25OSi. The van der Waals surface area contributed by atoms with Crippen molar-refractivity contribution in [2.24, 2.45) is 0 Å². The Kier molecular flexibility index (Phi) is 5.10. The van der Waals surface area contributed by atoms with Crippen LogP contribution < -0.4 is 9.92 Å². The first-order valence-corrected chi connectivity index (χ1v) is 10.7. The maximum absolute atomic E-state index is 6.20. The lowest BCUT2D eigenvalue weighted by Crippen LogP contribution is -2.36. The molecule has 25 heavy (non-hydrogen) atoms. The lowest BCUT2D eigenvalue weighted by Gasteiger charge is -2.28. The van der Waals surface area contributed by atoms with Gasteiger partial charge in [-0.15, -0.1) is 0 Å². The number of rotatable bonds is 4. The van der Waals surface area contributed by atoms with Crippen LogP contribution in [0.5, 0.6) is 11.5 Å². The second-order valence-corrected chi connectivity index (χ2v) is 10.6. The maximum Gasteiger partial charge on any atom is 0.135 e. The van der Waals surface area contributed by atoms with Gasteiger partial charge in [0, 0.05) is 5.56 Å². The fraction of sp³-hybridized carbons (Fsp3) is 0.217. The number of hydrogen-bond acceptors (Lipinski definition) is 1. The van der Waals surface area contributed by atoms with E-state index in [1.165, 1.54) is 10.8 Å². The molecule has 3 rings (SSSR count). The molecule has 0 N–H and O–H groups in total. The summed E-state index contributed by atoms with van der Waals surface area (Å²) >= 11 is 0. The molecule has 0 amide bonds. The third-order valence-corrected chi connectivity index (χ3v) is 8.10. The van der Waals surface area contributed by atoms with E-state index in [0.29, 0.717) is 5.04 Å². The second kappa shape index (κ2) is 7.28. The third-order valence-electron chi connectivity index (χ3n) is 4.60. The van der Waals surface area contributed by atoms with Crippen molar-refractivity contribution in [3.63, 3.8) is 0 Å². The molecular weight excluding hydrogens is 320 g/mol. The Bertz CT molecular complexity index is 834. The summed E-state index contributed by atoms with van der Waals surface area (Å²) < 4.78 is 6.20. The van der Waals surface area contributed by atoms with Crippen molar-refractivity contribution in [2.45, 2.75) is 32.4 Å². The van der Waals surface area contributed by atoms with Crippen molar-refractivity contribution in [1.29, 1.82) is 0 Å². The number of hydrogen-bond donors (Lipinski definition) is 0. The molecule has 0 heterocycles. The molecule has 0 aliphatic carbocycles. The van der Waals surface area contributed by atoms with Gasteiger partial charge < -0.3 is 4.74 Å². The molecule has 0 saturated carbocycles. The molecule has 0 saturated heterocycles. The highest BCUT2D eigenvalue weighted by Gasteiger charge is 2.26. The molecule has 0 aliphatic heterocycles. The fourth-order valence-corrected chi connectivity index (χ4v) is 4.62. The number of ether oxygens (including phenoxy) is 1. The summed E-state index contributed by atoms with van der Waals surface area (Å²) in [6.07, 6.45) is 0. The molecule has 1 nitrogen and oxygen atoms in total. The van der Waals surface area contributed by atoms with Crippen LogP contribution in [0.15, 0.2) is 78.9 Å². The van der Waals surface area contributed by atoms with Crippen LogP contribution in [0.3, 0.4) is 0 Å². The van der Waals surface area contributed by atoms with Crippen LogP contribution in [0.4, 0.5) is 0 Å². The zero-order chi connectivity index (χ0) is 17.9. The number of para-hydroxylation sites is 2. The van der Waals surface area contributed by atoms with E-state index in [0.717, 1.165) is 17.1 Å². The molecule has 0 atom stereocenters. The Morgan fingerprint density at radius 1 is 0.680 bits per heavy atom. The zero-order valence-corrected chi connectivity index (χ0v) is 16.4. The van der Waals surface area contributed by atoms with Crippen molar-refractivity contribution >= 4 is 14.0 Å². The first kappa shape index (κ1) is 17.5. The Morgan fingerprint density at radius 2 is 1.24 bits per heavy atom. The van der Waals surface area contributed by atoms with Gasteiger partial charge in [-0.2, -0.15) is 0 Å². The minimum atomic E-state index is -0.704. The molecule has 3 aromatic rings. The van der Waals surface area contributed by atoms with Gasteiger partial charge in [0.05, 0.1) is 8.80 Å². The van der Waals surface area contributed by atoms with Crippen molar-refractivity contribution in [1.82, 2.24) is 0 Å². The summed E-state index contributed by atoms with van der Waals surface area (Å²) in [5, 5.41) is 1.76. The molecule has 0 aromatic heterocycles. The van der Waals surface area contributed by atoms with Gasteiger partial charge in [0.2, 0.25) is 0 Å². The summed E-state index contributed by atoms with van der Waals surface area (Å²) in [6, 6.07) is 27.1. The van der Waals surface area contributed by atoms with E-state index < -0.39 is 8.80 Å². The molecule has 0 spiro atoms. The molecule has 2 heteroatoms. The van der Waals surface area contributed by atoms with E-state index in [2.05, 4.69) is 69.8 Å². The van der Waals surface area contributed by atoms with E-state index in [-0.39, 0.29) is 0 Å². The maximum atomic E-state index is 6.20. The van der Waals surface area contributed by atoms with E-state index in [1.807, 2.05) is 36.4 Å². The number of benzene rings is 3. The van der Waals surface area contributed by atoms with E-state index in [1.54, 1.807) is 0 Å². The Balaban J connectivity index is 2.07. The van der Waals surface area contributed by atoms with Crippen molar-refractivity contribution in [3.05, 3.63) is 78.9 Å². The summed E-state index contributed by atoms with van der Waals surface area (Å²) in [5.74, 6) is 1.77.